The van der Waals surface area contributed by atoms with Crippen molar-refractivity contribution < 1.29 is 9.32 Å². The first-order chi connectivity index (χ1) is 12.7. The number of aromatic nitrogens is 1. The number of carbonyl (C=O) groups excluding carboxylic acids is 1. The molecule has 0 spiro atoms. The van der Waals surface area contributed by atoms with Gasteiger partial charge in [0.05, 0.1) is 6.54 Å². The van der Waals surface area contributed by atoms with Gasteiger partial charge >= 0.3 is 0 Å². The molecule has 3 rings (SSSR count). The van der Waals surface area contributed by atoms with Gasteiger partial charge < -0.3 is 20.1 Å². The Morgan fingerprint density at radius 3 is 2.92 bits per heavy atom. The lowest BCUT2D eigenvalue weighted by Crippen LogP contribution is -2.44. The van der Waals surface area contributed by atoms with Crippen molar-refractivity contribution in [2.45, 2.75) is 32.4 Å². The Hall–Kier alpha value is -2.83. The van der Waals surface area contributed by atoms with Crippen LogP contribution < -0.4 is 10.6 Å². The molecule has 2 heterocycles. The van der Waals surface area contributed by atoms with Crippen LogP contribution in [0.25, 0.3) is 11.3 Å². The minimum Gasteiger partial charge on any atom is -0.359 e. The van der Waals surface area contributed by atoms with E-state index in [9.17, 15) is 4.79 Å². The summed E-state index contributed by atoms with van der Waals surface area (Å²) in [7, 11) is 1.73. The van der Waals surface area contributed by atoms with Gasteiger partial charge in [-0.2, -0.15) is 0 Å². The van der Waals surface area contributed by atoms with Gasteiger partial charge in [0, 0.05) is 44.2 Å². The maximum atomic E-state index is 11.8. The van der Waals surface area contributed by atoms with Gasteiger partial charge in [0.25, 0.3) is 0 Å². The quantitative estimate of drug-likeness (QED) is 0.633. The fourth-order valence-electron chi connectivity index (χ4n) is 3.03. The molecule has 7 nitrogen and oxygen atoms in total. The molecule has 2 N–H and O–H groups in total. The average Bonchev–Trinajstić information content (AvgIpc) is 3.35. The van der Waals surface area contributed by atoms with E-state index in [2.05, 4.69) is 20.8 Å². The Kier molecular flexibility index (Phi) is 5.88. The minimum atomic E-state index is 0.201. The lowest BCUT2D eigenvalue weighted by molar-refractivity contribution is -0.129. The Labute approximate surface area is 153 Å². The third-order valence-corrected chi connectivity index (χ3v) is 4.47. The zero-order valence-electron chi connectivity index (χ0n) is 15.2. The number of amides is 1. The van der Waals surface area contributed by atoms with Gasteiger partial charge in [0.15, 0.2) is 11.7 Å². The van der Waals surface area contributed by atoms with Crippen LogP contribution in [0.4, 0.5) is 0 Å². The third-order valence-electron chi connectivity index (χ3n) is 4.47. The number of hydrogen-bond acceptors (Lipinski definition) is 4. The van der Waals surface area contributed by atoms with E-state index >= 15 is 0 Å². The highest BCUT2D eigenvalue weighted by molar-refractivity contribution is 5.80. The summed E-state index contributed by atoms with van der Waals surface area (Å²) in [6, 6.07) is 12.1. The second-order valence-corrected chi connectivity index (χ2v) is 6.29. The summed E-state index contributed by atoms with van der Waals surface area (Å²) in [6.07, 6.45) is 1.47. The van der Waals surface area contributed by atoms with Crippen LogP contribution in [0, 0.1) is 0 Å². The lowest BCUT2D eigenvalue weighted by Gasteiger charge is -2.18. The fourth-order valence-corrected chi connectivity index (χ4v) is 3.03. The molecule has 1 saturated heterocycles. The summed E-state index contributed by atoms with van der Waals surface area (Å²) in [5, 5.41) is 10.7. The first-order valence-corrected chi connectivity index (χ1v) is 8.95. The Balaban J connectivity index is 1.51. The first-order valence-electron chi connectivity index (χ1n) is 8.95. The maximum Gasteiger partial charge on any atom is 0.222 e. The van der Waals surface area contributed by atoms with Crippen molar-refractivity contribution in [1.82, 2.24) is 20.7 Å². The first kappa shape index (κ1) is 18.0. The highest BCUT2D eigenvalue weighted by Crippen LogP contribution is 2.18. The van der Waals surface area contributed by atoms with Crippen LogP contribution in [0.1, 0.15) is 25.5 Å². The molecule has 1 aromatic heterocycles. The van der Waals surface area contributed by atoms with Gasteiger partial charge in [0.1, 0.15) is 5.69 Å². The molecule has 1 unspecified atom stereocenters. The van der Waals surface area contributed by atoms with Gasteiger partial charge in [-0.1, -0.05) is 42.4 Å². The monoisotopic (exact) mass is 355 g/mol. The largest absolute Gasteiger partial charge is 0.359 e. The molecule has 1 atom stereocenters. The second kappa shape index (κ2) is 8.51. The minimum absolute atomic E-state index is 0.201. The van der Waals surface area contributed by atoms with Crippen molar-refractivity contribution in [3.63, 3.8) is 0 Å². The van der Waals surface area contributed by atoms with Crippen LogP contribution >= 0.6 is 0 Å². The fraction of sp³-hybridized carbons (Fsp3) is 0.421. The summed E-state index contributed by atoms with van der Waals surface area (Å²) in [4.78, 5) is 17.9. The molecular formula is C19H25N5O2. The summed E-state index contributed by atoms with van der Waals surface area (Å²) < 4.78 is 5.40. The number of nitrogens with zero attached hydrogens (tertiary/aromatic N) is 3. The van der Waals surface area contributed by atoms with E-state index in [0.717, 1.165) is 30.0 Å². The number of guanidine groups is 1. The standard InChI is InChI=1S/C19H25N5O2/c1-3-18(25)24-10-9-15(13-24)22-19(20-2)21-12-16-11-17(23-26-16)14-7-5-4-6-8-14/h4-8,11,15H,3,9-10,12-13H2,1-2H3,(H2,20,21,22). The average molecular weight is 355 g/mol. The van der Waals surface area contributed by atoms with Crippen molar-refractivity contribution in [3.05, 3.63) is 42.2 Å². The lowest BCUT2D eigenvalue weighted by atomic mass is 10.1. The highest BCUT2D eigenvalue weighted by Gasteiger charge is 2.25. The third kappa shape index (κ3) is 4.41. The molecule has 1 aliphatic heterocycles. The molecular weight excluding hydrogens is 330 g/mol. The van der Waals surface area contributed by atoms with E-state index in [1.54, 1.807) is 7.05 Å². The molecule has 1 amide bonds. The van der Waals surface area contributed by atoms with Crippen LogP contribution in [0.15, 0.2) is 45.9 Å². The predicted octanol–water partition coefficient (Wildman–Crippen LogP) is 2.02. The number of carbonyl (C=O) groups is 1. The molecule has 138 valence electrons. The summed E-state index contributed by atoms with van der Waals surface area (Å²) in [6.45, 7) is 3.90. The molecule has 2 aromatic rings. The second-order valence-electron chi connectivity index (χ2n) is 6.29. The van der Waals surface area contributed by atoms with Gasteiger partial charge in [0.2, 0.25) is 5.91 Å². The molecule has 1 aliphatic rings. The van der Waals surface area contributed by atoms with Crippen LogP contribution in [0.3, 0.4) is 0 Å². The number of aliphatic imine (C=N–C) groups is 1. The highest BCUT2D eigenvalue weighted by atomic mass is 16.5. The topological polar surface area (TPSA) is 82.8 Å². The zero-order valence-corrected chi connectivity index (χ0v) is 15.2. The number of hydrogen-bond donors (Lipinski definition) is 2. The zero-order chi connectivity index (χ0) is 18.4. The molecule has 7 heteroatoms. The van der Waals surface area contributed by atoms with Crippen molar-refractivity contribution in [1.29, 1.82) is 0 Å². The van der Waals surface area contributed by atoms with Crippen LogP contribution in [0.5, 0.6) is 0 Å². The molecule has 0 saturated carbocycles. The van der Waals surface area contributed by atoms with Crippen LogP contribution in [-0.2, 0) is 11.3 Å². The van der Waals surface area contributed by atoms with Gasteiger partial charge in [-0.25, -0.2) is 0 Å². The van der Waals surface area contributed by atoms with Crippen LogP contribution in [-0.4, -0.2) is 48.1 Å². The van der Waals surface area contributed by atoms with E-state index in [1.165, 1.54) is 0 Å². The van der Waals surface area contributed by atoms with Gasteiger partial charge in [-0.05, 0) is 6.42 Å². The Bertz CT molecular complexity index is 756. The molecule has 1 fully saturated rings. The van der Waals surface area contributed by atoms with Crippen molar-refractivity contribution >= 4 is 11.9 Å². The van der Waals surface area contributed by atoms with Crippen molar-refractivity contribution in [2.24, 2.45) is 4.99 Å². The van der Waals surface area contributed by atoms with E-state index in [0.29, 0.717) is 25.5 Å². The summed E-state index contributed by atoms with van der Waals surface area (Å²) >= 11 is 0. The van der Waals surface area contributed by atoms with Crippen molar-refractivity contribution in [2.75, 3.05) is 20.1 Å². The van der Waals surface area contributed by atoms with Gasteiger partial charge in [-0.15, -0.1) is 0 Å². The smallest absolute Gasteiger partial charge is 0.222 e. The Morgan fingerprint density at radius 1 is 1.38 bits per heavy atom. The SMILES string of the molecule is CCC(=O)N1CCC(NC(=NC)NCc2cc(-c3ccccc3)no2)C1. The summed E-state index contributed by atoms with van der Waals surface area (Å²) in [5.74, 6) is 1.63. The molecule has 0 bridgehead atoms. The number of nitrogens with one attached hydrogen (secondary N) is 2. The van der Waals surface area contributed by atoms with E-state index in [1.807, 2.05) is 48.2 Å². The number of likely N-dealkylation sites (tertiary alicyclic amines) is 1. The van der Waals surface area contributed by atoms with E-state index in [-0.39, 0.29) is 11.9 Å². The number of benzene rings is 1. The summed E-state index contributed by atoms with van der Waals surface area (Å²) in [5.41, 5.74) is 1.84. The molecule has 1 aromatic carbocycles. The maximum absolute atomic E-state index is 11.8. The van der Waals surface area contributed by atoms with Gasteiger partial charge in [-0.3, -0.25) is 9.79 Å². The Morgan fingerprint density at radius 2 is 2.19 bits per heavy atom. The normalized spacial score (nSPS) is 17.4. The molecule has 26 heavy (non-hydrogen) atoms. The predicted molar refractivity (Wildman–Crippen MR) is 101 cm³/mol. The number of rotatable bonds is 5. The van der Waals surface area contributed by atoms with Crippen LogP contribution in [0.2, 0.25) is 0 Å². The van der Waals surface area contributed by atoms with E-state index in [4.69, 9.17) is 4.52 Å². The van der Waals surface area contributed by atoms with E-state index < -0.39 is 0 Å². The molecule has 0 radical (unpaired) electrons. The molecule has 0 aliphatic carbocycles. The van der Waals surface area contributed by atoms with Crippen molar-refractivity contribution in [3.8, 4) is 11.3 Å².